The van der Waals surface area contributed by atoms with Crippen molar-refractivity contribution in [3.8, 4) is 0 Å². The van der Waals surface area contributed by atoms with Gasteiger partial charge in [0.15, 0.2) is 0 Å². The van der Waals surface area contributed by atoms with Gasteiger partial charge in [-0.15, -0.1) is 11.8 Å². The van der Waals surface area contributed by atoms with Crippen molar-refractivity contribution in [2.75, 3.05) is 5.75 Å². The standard InChI is InChI=1S/C18H26OS/c1-12(2)13-7-8-17(19)14(9-13)10-15-11-20-18-6-4-3-5-16(15)18/h3-6,12-15,17,19H,7-11H2,1-2H3. The second-order valence-electron chi connectivity index (χ2n) is 6.93. The van der Waals surface area contributed by atoms with Gasteiger partial charge in [0, 0.05) is 10.6 Å². The molecule has 0 bridgehead atoms. The van der Waals surface area contributed by atoms with E-state index in [4.69, 9.17) is 0 Å². The minimum Gasteiger partial charge on any atom is -0.393 e. The van der Waals surface area contributed by atoms with Crippen molar-refractivity contribution in [3.63, 3.8) is 0 Å². The zero-order valence-electron chi connectivity index (χ0n) is 12.6. The molecule has 0 saturated heterocycles. The molecule has 1 aliphatic carbocycles. The molecule has 0 radical (unpaired) electrons. The van der Waals surface area contributed by atoms with Crippen LogP contribution in [-0.4, -0.2) is 17.0 Å². The van der Waals surface area contributed by atoms with Crippen LogP contribution in [0.1, 0.15) is 51.0 Å². The summed E-state index contributed by atoms with van der Waals surface area (Å²) in [6.07, 6.45) is 4.56. The highest BCUT2D eigenvalue weighted by atomic mass is 32.2. The van der Waals surface area contributed by atoms with Gasteiger partial charge in [0.05, 0.1) is 6.10 Å². The molecule has 2 aliphatic rings. The van der Waals surface area contributed by atoms with E-state index in [2.05, 4.69) is 38.1 Å². The fraction of sp³-hybridized carbons (Fsp3) is 0.667. The van der Waals surface area contributed by atoms with E-state index >= 15 is 0 Å². The molecule has 1 aromatic carbocycles. The maximum atomic E-state index is 10.4. The predicted octanol–water partition coefficient (Wildman–Crippen LogP) is 4.70. The minimum absolute atomic E-state index is 0.0669. The van der Waals surface area contributed by atoms with Crippen LogP contribution in [0.4, 0.5) is 0 Å². The highest BCUT2D eigenvalue weighted by Gasteiger charge is 2.34. The molecule has 4 unspecified atom stereocenters. The normalized spacial score (nSPS) is 33.4. The van der Waals surface area contributed by atoms with Gasteiger partial charge in [-0.2, -0.15) is 0 Å². The third kappa shape index (κ3) is 2.92. The lowest BCUT2D eigenvalue weighted by Crippen LogP contribution is -2.32. The summed E-state index contributed by atoms with van der Waals surface area (Å²) in [5.41, 5.74) is 1.52. The van der Waals surface area contributed by atoms with Crippen LogP contribution in [0, 0.1) is 17.8 Å². The van der Waals surface area contributed by atoms with Gasteiger partial charge in [0.25, 0.3) is 0 Å². The zero-order chi connectivity index (χ0) is 14.1. The van der Waals surface area contributed by atoms with E-state index in [-0.39, 0.29) is 6.10 Å². The van der Waals surface area contributed by atoms with Crippen molar-refractivity contribution in [1.82, 2.24) is 0 Å². The molecular weight excluding hydrogens is 264 g/mol. The first kappa shape index (κ1) is 14.5. The largest absolute Gasteiger partial charge is 0.393 e. The van der Waals surface area contributed by atoms with E-state index in [1.807, 2.05) is 11.8 Å². The lowest BCUT2D eigenvalue weighted by atomic mass is 9.71. The van der Waals surface area contributed by atoms with Crippen LogP contribution in [-0.2, 0) is 0 Å². The van der Waals surface area contributed by atoms with E-state index in [0.717, 1.165) is 18.3 Å². The molecule has 1 aliphatic heterocycles. The number of aliphatic hydroxyl groups excluding tert-OH is 1. The monoisotopic (exact) mass is 290 g/mol. The number of rotatable bonds is 3. The van der Waals surface area contributed by atoms with E-state index in [9.17, 15) is 5.11 Å². The van der Waals surface area contributed by atoms with Crippen LogP contribution < -0.4 is 0 Å². The highest BCUT2D eigenvalue weighted by Crippen LogP contribution is 2.45. The molecule has 110 valence electrons. The predicted molar refractivity (Wildman–Crippen MR) is 86.2 cm³/mol. The number of thioether (sulfide) groups is 1. The second kappa shape index (κ2) is 6.11. The number of fused-ring (bicyclic) bond motifs is 1. The Hall–Kier alpha value is -0.470. The van der Waals surface area contributed by atoms with Gasteiger partial charge < -0.3 is 5.11 Å². The third-order valence-electron chi connectivity index (χ3n) is 5.31. The van der Waals surface area contributed by atoms with Gasteiger partial charge in [-0.05, 0) is 61.0 Å². The van der Waals surface area contributed by atoms with Crippen LogP contribution >= 0.6 is 11.8 Å². The van der Waals surface area contributed by atoms with Crippen molar-refractivity contribution in [1.29, 1.82) is 0 Å². The molecule has 4 atom stereocenters. The fourth-order valence-corrected chi connectivity index (χ4v) is 5.21. The maximum Gasteiger partial charge on any atom is 0.0568 e. The number of benzene rings is 1. The number of aliphatic hydroxyl groups is 1. The summed E-state index contributed by atoms with van der Waals surface area (Å²) in [5.74, 6) is 3.94. The first-order valence-electron chi connectivity index (χ1n) is 8.05. The molecule has 0 amide bonds. The van der Waals surface area contributed by atoms with E-state index in [1.54, 1.807) is 0 Å². The molecule has 1 heterocycles. The summed E-state index contributed by atoms with van der Waals surface area (Å²) in [6.45, 7) is 4.67. The molecule has 1 saturated carbocycles. The molecule has 1 aromatic rings. The Labute approximate surface area is 127 Å². The van der Waals surface area contributed by atoms with Crippen molar-refractivity contribution in [2.45, 2.75) is 56.4 Å². The molecule has 1 nitrogen and oxygen atoms in total. The van der Waals surface area contributed by atoms with Gasteiger partial charge in [-0.3, -0.25) is 0 Å². The minimum atomic E-state index is -0.0669. The van der Waals surface area contributed by atoms with Gasteiger partial charge in [-0.25, -0.2) is 0 Å². The first-order chi connectivity index (χ1) is 9.65. The second-order valence-corrected chi connectivity index (χ2v) is 7.99. The summed E-state index contributed by atoms with van der Waals surface area (Å²) in [6, 6.07) is 8.83. The fourth-order valence-electron chi connectivity index (χ4n) is 3.93. The summed E-state index contributed by atoms with van der Waals surface area (Å²) in [5, 5.41) is 10.4. The Morgan fingerprint density at radius 1 is 1.25 bits per heavy atom. The van der Waals surface area contributed by atoms with Crippen LogP contribution in [0.15, 0.2) is 29.2 Å². The average Bonchev–Trinajstić information content (AvgIpc) is 2.84. The summed E-state index contributed by atoms with van der Waals surface area (Å²) < 4.78 is 0. The molecule has 2 heteroatoms. The highest BCUT2D eigenvalue weighted by molar-refractivity contribution is 7.99. The van der Waals surface area contributed by atoms with Gasteiger partial charge in [0.1, 0.15) is 0 Å². The van der Waals surface area contributed by atoms with Crippen molar-refractivity contribution in [2.24, 2.45) is 17.8 Å². The Balaban J connectivity index is 1.68. The first-order valence-corrected chi connectivity index (χ1v) is 9.03. The average molecular weight is 290 g/mol. The van der Waals surface area contributed by atoms with Crippen LogP contribution in [0.3, 0.4) is 0 Å². The van der Waals surface area contributed by atoms with E-state index < -0.39 is 0 Å². The molecule has 0 spiro atoms. The Morgan fingerprint density at radius 2 is 2.05 bits per heavy atom. The molecular formula is C18H26OS. The SMILES string of the molecule is CC(C)C1CCC(O)C(CC2CSc3ccccc32)C1. The van der Waals surface area contributed by atoms with Gasteiger partial charge in [-0.1, -0.05) is 32.0 Å². The Morgan fingerprint density at radius 3 is 2.85 bits per heavy atom. The Bertz CT molecular complexity index is 456. The van der Waals surface area contributed by atoms with E-state index in [0.29, 0.717) is 11.8 Å². The van der Waals surface area contributed by atoms with E-state index in [1.165, 1.54) is 35.5 Å². The third-order valence-corrected chi connectivity index (χ3v) is 6.56. The van der Waals surface area contributed by atoms with Crippen LogP contribution in [0.5, 0.6) is 0 Å². The molecule has 3 rings (SSSR count). The number of hydrogen-bond donors (Lipinski definition) is 1. The summed E-state index contributed by atoms with van der Waals surface area (Å²) >= 11 is 1.99. The smallest absolute Gasteiger partial charge is 0.0568 e. The maximum absolute atomic E-state index is 10.4. The quantitative estimate of drug-likeness (QED) is 0.870. The Kier molecular flexibility index (Phi) is 4.42. The van der Waals surface area contributed by atoms with Gasteiger partial charge in [0.2, 0.25) is 0 Å². The van der Waals surface area contributed by atoms with Crippen LogP contribution in [0.25, 0.3) is 0 Å². The summed E-state index contributed by atoms with van der Waals surface area (Å²) in [7, 11) is 0. The lowest BCUT2D eigenvalue weighted by Gasteiger charge is -2.36. The van der Waals surface area contributed by atoms with Crippen molar-refractivity contribution in [3.05, 3.63) is 29.8 Å². The number of hydrogen-bond acceptors (Lipinski definition) is 2. The van der Waals surface area contributed by atoms with Crippen molar-refractivity contribution >= 4 is 11.8 Å². The van der Waals surface area contributed by atoms with Crippen LogP contribution in [0.2, 0.25) is 0 Å². The van der Waals surface area contributed by atoms with Gasteiger partial charge >= 0.3 is 0 Å². The molecule has 1 N–H and O–H groups in total. The zero-order valence-corrected chi connectivity index (χ0v) is 13.4. The molecule has 1 fully saturated rings. The molecule has 0 aromatic heterocycles. The molecule has 20 heavy (non-hydrogen) atoms. The van der Waals surface area contributed by atoms with Crippen molar-refractivity contribution < 1.29 is 5.11 Å². The topological polar surface area (TPSA) is 20.2 Å². The summed E-state index contributed by atoms with van der Waals surface area (Å²) in [4.78, 5) is 1.46. The lowest BCUT2D eigenvalue weighted by molar-refractivity contribution is 0.0311.